The molecule has 0 radical (unpaired) electrons. The second-order valence-corrected chi connectivity index (χ2v) is 9.34. The van der Waals surface area contributed by atoms with Crippen molar-refractivity contribution in [3.05, 3.63) is 70.2 Å². The molecule has 1 saturated heterocycles. The quantitative estimate of drug-likeness (QED) is 0.596. The van der Waals surface area contributed by atoms with E-state index in [0.717, 1.165) is 28.2 Å². The van der Waals surface area contributed by atoms with Gasteiger partial charge in [-0.3, -0.25) is 14.5 Å². The normalized spacial score (nSPS) is 24.4. The number of fused-ring (bicyclic) bond motifs is 2. The number of hydrogen-bond acceptors (Lipinski definition) is 7. The van der Waals surface area contributed by atoms with Gasteiger partial charge in [0.1, 0.15) is 35.4 Å². The van der Waals surface area contributed by atoms with Gasteiger partial charge in [-0.05, 0) is 55.0 Å². The molecule has 2 aliphatic heterocycles. The average molecular weight is 465 g/mol. The number of carbonyl (C=O) groups excluding carboxylic acids is 3. The predicted octanol–water partition coefficient (Wildman–Crippen LogP) is 3.40. The second-order valence-electron chi connectivity index (χ2n) is 8.34. The maximum atomic E-state index is 13.5. The highest BCUT2D eigenvalue weighted by Crippen LogP contribution is 2.42. The molecule has 168 valence electrons. The van der Waals surface area contributed by atoms with Gasteiger partial charge in [-0.2, -0.15) is 5.10 Å². The molecule has 3 aliphatic rings. The van der Waals surface area contributed by atoms with E-state index >= 15 is 0 Å². The van der Waals surface area contributed by atoms with Crippen molar-refractivity contribution in [2.45, 2.75) is 37.3 Å². The van der Waals surface area contributed by atoms with Crippen molar-refractivity contribution in [3.63, 3.8) is 0 Å². The largest absolute Gasteiger partial charge is 0.467 e. The van der Waals surface area contributed by atoms with Gasteiger partial charge in [-0.1, -0.05) is 0 Å². The Bertz CT molecular complexity index is 1260. The molecule has 0 bridgehead atoms. The van der Waals surface area contributed by atoms with Gasteiger partial charge in [0, 0.05) is 16.9 Å². The molecular weight excluding hydrogens is 444 g/mol. The highest BCUT2D eigenvalue weighted by Gasteiger charge is 2.55. The SMILES string of the molecule is O=C1NC2(CCCc3sccc32)C(=O)N1CC(=O)N1N=C(c2ccco2)CC1c1ccco1. The molecule has 33 heavy (non-hydrogen) atoms. The average Bonchev–Trinajstić information content (AvgIpc) is 3.63. The zero-order valence-electron chi connectivity index (χ0n) is 17.5. The van der Waals surface area contributed by atoms with Crippen LogP contribution >= 0.6 is 11.3 Å². The van der Waals surface area contributed by atoms with Crippen LogP contribution < -0.4 is 5.32 Å². The molecule has 2 atom stereocenters. The molecule has 0 aromatic carbocycles. The van der Waals surface area contributed by atoms with E-state index in [1.165, 1.54) is 11.3 Å². The maximum Gasteiger partial charge on any atom is 0.325 e. The lowest BCUT2D eigenvalue weighted by Crippen LogP contribution is -2.46. The summed E-state index contributed by atoms with van der Waals surface area (Å²) in [5, 5.41) is 10.6. The van der Waals surface area contributed by atoms with Crippen LogP contribution in [0.25, 0.3) is 0 Å². The monoisotopic (exact) mass is 464 g/mol. The Kier molecular flexibility index (Phi) is 4.51. The van der Waals surface area contributed by atoms with Crippen molar-refractivity contribution < 1.29 is 23.2 Å². The molecule has 9 nitrogen and oxygen atoms in total. The highest BCUT2D eigenvalue weighted by atomic mass is 32.1. The Morgan fingerprint density at radius 2 is 2.06 bits per heavy atom. The summed E-state index contributed by atoms with van der Waals surface area (Å²) in [6, 6.07) is 7.89. The Morgan fingerprint density at radius 1 is 1.21 bits per heavy atom. The molecule has 0 saturated carbocycles. The number of nitrogens with zero attached hydrogens (tertiary/aromatic N) is 3. The third-order valence-corrected chi connectivity index (χ3v) is 7.45. The van der Waals surface area contributed by atoms with E-state index < -0.39 is 30.1 Å². The Labute approximate surface area is 192 Å². The summed E-state index contributed by atoms with van der Waals surface area (Å²) in [5.41, 5.74) is 0.359. The maximum absolute atomic E-state index is 13.5. The fraction of sp³-hybridized carbons (Fsp3) is 0.304. The summed E-state index contributed by atoms with van der Waals surface area (Å²) in [6.07, 6.45) is 5.68. The van der Waals surface area contributed by atoms with E-state index in [1.54, 1.807) is 41.9 Å². The number of nitrogens with one attached hydrogen (secondary N) is 1. The van der Waals surface area contributed by atoms with Gasteiger partial charge >= 0.3 is 6.03 Å². The van der Waals surface area contributed by atoms with Crippen LogP contribution in [0, 0.1) is 0 Å². The van der Waals surface area contributed by atoms with Crippen molar-refractivity contribution in [1.82, 2.24) is 15.2 Å². The van der Waals surface area contributed by atoms with Crippen LogP contribution in [-0.2, 0) is 21.5 Å². The Morgan fingerprint density at radius 3 is 2.85 bits per heavy atom. The number of amides is 4. The molecule has 3 aromatic heterocycles. The van der Waals surface area contributed by atoms with Gasteiger partial charge in [-0.25, -0.2) is 9.80 Å². The van der Waals surface area contributed by atoms with E-state index in [2.05, 4.69) is 10.4 Å². The van der Waals surface area contributed by atoms with Crippen LogP contribution in [0.5, 0.6) is 0 Å². The van der Waals surface area contributed by atoms with Crippen LogP contribution in [0.1, 0.15) is 47.3 Å². The lowest BCUT2D eigenvalue weighted by molar-refractivity contribution is -0.140. The molecule has 6 rings (SSSR count). The smallest absolute Gasteiger partial charge is 0.325 e. The minimum absolute atomic E-state index is 0.385. The summed E-state index contributed by atoms with van der Waals surface area (Å²) in [6.45, 7) is -0.405. The van der Waals surface area contributed by atoms with Crippen molar-refractivity contribution in [2.75, 3.05) is 6.54 Å². The van der Waals surface area contributed by atoms with E-state index in [1.807, 2.05) is 11.4 Å². The number of hydrogen-bond donors (Lipinski definition) is 1. The summed E-state index contributed by atoms with van der Waals surface area (Å²) < 4.78 is 11.0. The first-order valence-corrected chi connectivity index (χ1v) is 11.6. The van der Waals surface area contributed by atoms with E-state index in [0.29, 0.717) is 30.1 Å². The van der Waals surface area contributed by atoms with Gasteiger partial charge in [-0.15, -0.1) is 11.3 Å². The molecular formula is C23H20N4O5S. The highest BCUT2D eigenvalue weighted by molar-refractivity contribution is 7.10. The van der Waals surface area contributed by atoms with Crippen LogP contribution in [0.2, 0.25) is 0 Å². The van der Waals surface area contributed by atoms with E-state index in [-0.39, 0.29) is 5.91 Å². The van der Waals surface area contributed by atoms with Gasteiger partial charge in [0.25, 0.3) is 11.8 Å². The van der Waals surface area contributed by atoms with Crippen LogP contribution in [0.15, 0.2) is 62.2 Å². The first-order chi connectivity index (χ1) is 16.1. The minimum Gasteiger partial charge on any atom is -0.467 e. The number of thiophene rings is 1. The first kappa shape index (κ1) is 20.0. The van der Waals surface area contributed by atoms with Crippen molar-refractivity contribution in [3.8, 4) is 0 Å². The van der Waals surface area contributed by atoms with Crippen molar-refractivity contribution in [1.29, 1.82) is 0 Å². The fourth-order valence-corrected chi connectivity index (χ4v) is 5.93. The first-order valence-electron chi connectivity index (χ1n) is 10.7. The standard InChI is InChI=1S/C23H20N4O5S/c28-20(27-16(18-5-3-10-32-18)12-15(25-27)17-4-2-9-31-17)13-26-21(29)23(24-22(26)30)8-1-6-19-14(23)7-11-33-19/h2-5,7,9-11,16H,1,6,8,12-13H2,(H,24,30). The molecule has 2 unspecified atom stereocenters. The molecule has 1 aliphatic carbocycles. The van der Waals surface area contributed by atoms with Crippen LogP contribution in [0.3, 0.4) is 0 Å². The topological polar surface area (TPSA) is 108 Å². The number of carbonyl (C=O) groups is 3. The van der Waals surface area contributed by atoms with E-state index in [9.17, 15) is 14.4 Å². The molecule has 10 heteroatoms. The van der Waals surface area contributed by atoms with E-state index in [4.69, 9.17) is 8.83 Å². The summed E-state index contributed by atoms with van der Waals surface area (Å²) in [7, 11) is 0. The number of aryl methyl sites for hydroxylation is 1. The van der Waals surface area contributed by atoms with Gasteiger partial charge < -0.3 is 14.2 Å². The minimum atomic E-state index is -1.08. The zero-order valence-corrected chi connectivity index (χ0v) is 18.3. The van der Waals surface area contributed by atoms with Crippen molar-refractivity contribution in [2.24, 2.45) is 5.10 Å². The number of hydrazone groups is 1. The summed E-state index contributed by atoms with van der Waals surface area (Å²) >= 11 is 1.59. The number of rotatable bonds is 4. The number of urea groups is 1. The molecule has 5 heterocycles. The summed E-state index contributed by atoms with van der Waals surface area (Å²) in [4.78, 5) is 41.8. The van der Waals surface area contributed by atoms with Gasteiger partial charge in [0.05, 0.1) is 12.5 Å². The Balaban J connectivity index is 1.28. The molecule has 3 aromatic rings. The molecule has 1 spiro atoms. The van der Waals surface area contributed by atoms with Crippen LogP contribution in [-0.4, -0.2) is 40.0 Å². The fourth-order valence-electron chi connectivity index (χ4n) is 4.93. The van der Waals surface area contributed by atoms with Crippen molar-refractivity contribution >= 4 is 34.9 Å². The van der Waals surface area contributed by atoms with Crippen LogP contribution in [0.4, 0.5) is 4.79 Å². The third-order valence-electron chi connectivity index (χ3n) is 6.47. The number of imide groups is 1. The zero-order chi connectivity index (χ0) is 22.6. The third kappa shape index (κ3) is 3.05. The molecule has 1 N–H and O–H groups in total. The lowest BCUT2D eigenvalue weighted by Gasteiger charge is -2.31. The number of furan rings is 2. The van der Waals surface area contributed by atoms with Gasteiger partial charge in [0.2, 0.25) is 0 Å². The Hall–Kier alpha value is -3.66. The second kappa shape index (κ2) is 7.45. The summed E-state index contributed by atoms with van der Waals surface area (Å²) in [5.74, 6) is 0.268. The lowest BCUT2D eigenvalue weighted by atomic mass is 9.80. The predicted molar refractivity (Wildman–Crippen MR) is 117 cm³/mol. The molecule has 4 amide bonds. The molecule has 1 fully saturated rings. The van der Waals surface area contributed by atoms with Gasteiger partial charge in [0.15, 0.2) is 0 Å².